The van der Waals surface area contributed by atoms with Crippen molar-refractivity contribution in [1.82, 2.24) is 0 Å². The Morgan fingerprint density at radius 1 is 1.50 bits per heavy atom. The summed E-state index contributed by atoms with van der Waals surface area (Å²) < 4.78 is 12.8. The quantitative estimate of drug-likeness (QED) is 0.836. The molecule has 16 heavy (non-hydrogen) atoms. The van der Waals surface area contributed by atoms with Gasteiger partial charge in [0.05, 0.1) is 5.54 Å². The van der Waals surface area contributed by atoms with Gasteiger partial charge >= 0.3 is 0 Å². The largest absolute Gasteiger partial charge is 0.324 e. The summed E-state index contributed by atoms with van der Waals surface area (Å²) in [7, 11) is 0. The Balaban J connectivity index is 0.00000128. The molecule has 1 fully saturated rings. The van der Waals surface area contributed by atoms with Crippen LogP contribution >= 0.6 is 12.4 Å². The minimum atomic E-state index is -0.694. The van der Waals surface area contributed by atoms with Gasteiger partial charge in [-0.3, -0.25) is 4.79 Å². The van der Waals surface area contributed by atoms with Crippen LogP contribution in [0.5, 0.6) is 0 Å². The first-order valence-electron chi connectivity index (χ1n) is 4.88. The van der Waals surface area contributed by atoms with Crippen molar-refractivity contribution in [3.63, 3.8) is 0 Å². The van der Waals surface area contributed by atoms with E-state index >= 15 is 0 Å². The van der Waals surface area contributed by atoms with Crippen molar-refractivity contribution in [1.29, 1.82) is 0 Å². The van der Waals surface area contributed by atoms with Crippen LogP contribution < -0.4 is 11.1 Å². The van der Waals surface area contributed by atoms with E-state index in [1.165, 1.54) is 12.1 Å². The average Bonchev–Trinajstić information content (AvgIpc) is 2.90. The van der Waals surface area contributed by atoms with Gasteiger partial charge in [-0.05, 0) is 43.5 Å². The molecule has 1 amide bonds. The lowest BCUT2D eigenvalue weighted by atomic mass is 10.2. The van der Waals surface area contributed by atoms with E-state index in [-0.39, 0.29) is 24.1 Å². The van der Waals surface area contributed by atoms with Gasteiger partial charge in [0.2, 0.25) is 5.91 Å². The second-order valence-corrected chi connectivity index (χ2v) is 4.07. The highest BCUT2D eigenvalue weighted by atomic mass is 35.5. The molecule has 3 nitrogen and oxygen atoms in total. The molecular formula is C11H14ClFN2O. The number of anilines is 1. The molecule has 1 aliphatic rings. The molecule has 0 aromatic heterocycles. The molecule has 2 rings (SSSR count). The summed E-state index contributed by atoms with van der Waals surface area (Å²) in [5.74, 6) is -0.489. The number of benzene rings is 1. The van der Waals surface area contributed by atoms with Gasteiger partial charge in [-0.1, -0.05) is 0 Å². The van der Waals surface area contributed by atoms with Crippen LogP contribution in [0.1, 0.15) is 18.4 Å². The van der Waals surface area contributed by atoms with Gasteiger partial charge < -0.3 is 11.1 Å². The second-order valence-electron chi connectivity index (χ2n) is 4.07. The molecule has 1 aromatic rings. The smallest absolute Gasteiger partial charge is 0.244 e. The van der Waals surface area contributed by atoms with Crippen LogP contribution in [-0.2, 0) is 4.79 Å². The third-order valence-electron chi connectivity index (χ3n) is 2.68. The third kappa shape index (κ3) is 2.51. The zero-order valence-electron chi connectivity index (χ0n) is 8.92. The number of rotatable bonds is 2. The number of hydrogen-bond acceptors (Lipinski definition) is 2. The monoisotopic (exact) mass is 244 g/mol. The number of aryl methyl sites for hydroxylation is 1. The van der Waals surface area contributed by atoms with E-state index in [9.17, 15) is 9.18 Å². The van der Waals surface area contributed by atoms with E-state index in [4.69, 9.17) is 5.73 Å². The number of nitrogens with one attached hydrogen (secondary N) is 1. The predicted octanol–water partition coefficient (Wildman–Crippen LogP) is 1.99. The van der Waals surface area contributed by atoms with E-state index in [0.717, 1.165) is 12.8 Å². The van der Waals surface area contributed by atoms with Gasteiger partial charge in [0.15, 0.2) is 0 Å². The normalized spacial score (nSPS) is 16.2. The highest BCUT2D eigenvalue weighted by Crippen LogP contribution is 2.33. The van der Waals surface area contributed by atoms with E-state index in [0.29, 0.717) is 11.3 Å². The van der Waals surface area contributed by atoms with Gasteiger partial charge in [-0.25, -0.2) is 4.39 Å². The Kier molecular flexibility index (Phi) is 3.55. The summed E-state index contributed by atoms with van der Waals surface area (Å²) in [6.07, 6.45) is 1.44. The Morgan fingerprint density at radius 2 is 2.12 bits per heavy atom. The summed E-state index contributed by atoms with van der Waals surface area (Å²) in [5.41, 5.74) is 6.36. The van der Waals surface area contributed by atoms with Crippen molar-refractivity contribution in [2.24, 2.45) is 5.73 Å². The number of carbonyl (C=O) groups excluding carboxylic acids is 1. The molecule has 0 bridgehead atoms. The molecule has 0 unspecified atom stereocenters. The van der Waals surface area contributed by atoms with Crippen LogP contribution in [0.15, 0.2) is 18.2 Å². The molecule has 1 aliphatic carbocycles. The molecular weight excluding hydrogens is 231 g/mol. The maximum absolute atomic E-state index is 12.8. The van der Waals surface area contributed by atoms with Crippen molar-refractivity contribution in [2.45, 2.75) is 25.3 Å². The van der Waals surface area contributed by atoms with Gasteiger partial charge in [0.25, 0.3) is 0 Å². The molecule has 1 aromatic carbocycles. The first kappa shape index (κ1) is 12.9. The van der Waals surface area contributed by atoms with E-state index < -0.39 is 5.54 Å². The summed E-state index contributed by atoms with van der Waals surface area (Å²) >= 11 is 0. The second kappa shape index (κ2) is 4.39. The highest BCUT2D eigenvalue weighted by Gasteiger charge is 2.45. The molecule has 0 saturated heterocycles. The summed E-state index contributed by atoms with van der Waals surface area (Å²) in [6, 6.07) is 4.25. The van der Waals surface area contributed by atoms with Crippen molar-refractivity contribution >= 4 is 24.0 Å². The number of amides is 1. The molecule has 0 atom stereocenters. The van der Waals surface area contributed by atoms with Crippen molar-refractivity contribution in [3.05, 3.63) is 29.6 Å². The van der Waals surface area contributed by atoms with E-state index in [1.54, 1.807) is 13.0 Å². The van der Waals surface area contributed by atoms with E-state index in [2.05, 4.69) is 5.32 Å². The van der Waals surface area contributed by atoms with Crippen LogP contribution in [0.3, 0.4) is 0 Å². The van der Waals surface area contributed by atoms with Crippen molar-refractivity contribution < 1.29 is 9.18 Å². The lowest BCUT2D eigenvalue weighted by molar-refractivity contribution is -0.118. The maximum atomic E-state index is 12.8. The van der Waals surface area contributed by atoms with Crippen molar-refractivity contribution in [3.8, 4) is 0 Å². The lowest BCUT2D eigenvalue weighted by Gasteiger charge is -2.11. The average molecular weight is 245 g/mol. The fourth-order valence-electron chi connectivity index (χ4n) is 1.38. The van der Waals surface area contributed by atoms with Crippen LogP contribution in [0, 0.1) is 12.7 Å². The number of carbonyl (C=O) groups is 1. The molecule has 0 spiro atoms. The van der Waals surface area contributed by atoms with Gasteiger partial charge in [-0.2, -0.15) is 0 Å². The predicted molar refractivity (Wildman–Crippen MR) is 63.2 cm³/mol. The molecule has 3 N–H and O–H groups in total. The maximum Gasteiger partial charge on any atom is 0.244 e. The van der Waals surface area contributed by atoms with Gasteiger partial charge in [0.1, 0.15) is 5.82 Å². The van der Waals surface area contributed by atoms with Crippen LogP contribution in [0.4, 0.5) is 10.1 Å². The third-order valence-corrected chi connectivity index (χ3v) is 2.68. The first-order valence-corrected chi connectivity index (χ1v) is 4.88. The molecule has 1 saturated carbocycles. The lowest BCUT2D eigenvalue weighted by Crippen LogP contribution is -2.37. The first-order chi connectivity index (χ1) is 7.01. The Morgan fingerprint density at radius 3 is 2.62 bits per heavy atom. The number of hydrogen-bond donors (Lipinski definition) is 2. The molecule has 0 radical (unpaired) electrons. The van der Waals surface area contributed by atoms with Gasteiger partial charge in [-0.15, -0.1) is 12.4 Å². The number of halogens is 2. The Hall–Kier alpha value is -1.13. The molecule has 0 aliphatic heterocycles. The van der Waals surface area contributed by atoms with E-state index in [1.807, 2.05) is 0 Å². The molecule has 5 heteroatoms. The van der Waals surface area contributed by atoms with Crippen molar-refractivity contribution in [2.75, 3.05) is 5.32 Å². The fraction of sp³-hybridized carbons (Fsp3) is 0.364. The summed E-state index contributed by atoms with van der Waals surface area (Å²) in [4.78, 5) is 11.6. The van der Waals surface area contributed by atoms with Crippen LogP contribution in [-0.4, -0.2) is 11.4 Å². The number of nitrogens with two attached hydrogens (primary N) is 1. The minimum absolute atomic E-state index is 0. The summed E-state index contributed by atoms with van der Waals surface area (Å²) in [6.45, 7) is 1.74. The Labute approximate surface area is 99.6 Å². The standard InChI is InChI=1S/C11H13FN2O.ClH/c1-7-6-8(12)2-3-9(7)14-10(15)11(13)4-5-11;/h2-3,6H,4-5,13H2,1H3,(H,14,15);1H. The SMILES string of the molecule is Cc1cc(F)ccc1NC(=O)C1(N)CC1.Cl. The van der Waals surface area contributed by atoms with Crippen LogP contribution in [0.2, 0.25) is 0 Å². The highest BCUT2D eigenvalue weighted by molar-refractivity contribution is 6.00. The van der Waals surface area contributed by atoms with Crippen LogP contribution in [0.25, 0.3) is 0 Å². The molecule has 88 valence electrons. The zero-order valence-corrected chi connectivity index (χ0v) is 9.73. The topological polar surface area (TPSA) is 55.1 Å². The Bertz CT molecular complexity index is 418. The minimum Gasteiger partial charge on any atom is -0.324 e. The van der Waals surface area contributed by atoms with Gasteiger partial charge in [0, 0.05) is 5.69 Å². The fourth-order valence-corrected chi connectivity index (χ4v) is 1.38. The summed E-state index contributed by atoms with van der Waals surface area (Å²) in [5, 5.41) is 2.71. The zero-order chi connectivity index (χ0) is 11.1. The molecule has 0 heterocycles.